The van der Waals surface area contributed by atoms with Crippen molar-refractivity contribution in [2.45, 2.75) is 47.0 Å². The van der Waals surface area contributed by atoms with Crippen molar-refractivity contribution in [2.24, 2.45) is 0 Å². The molecule has 1 aromatic heterocycles. The van der Waals surface area contributed by atoms with Crippen molar-refractivity contribution in [1.82, 2.24) is 9.97 Å². The summed E-state index contributed by atoms with van der Waals surface area (Å²) in [5, 5.41) is 6.70. The molecule has 2 N–H and O–H groups in total. The Morgan fingerprint density at radius 1 is 1.04 bits per heavy atom. The molecule has 5 nitrogen and oxygen atoms in total. The number of aromatic nitrogens is 2. The summed E-state index contributed by atoms with van der Waals surface area (Å²) in [5.41, 5.74) is 3.48. The van der Waals surface area contributed by atoms with Crippen LogP contribution in [0.25, 0.3) is 0 Å². The highest BCUT2D eigenvalue weighted by atomic mass is 15.1. The Morgan fingerprint density at radius 2 is 1.84 bits per heavy atom. The number of nitrogens with zero attached hydrogens (tertiary/aromatic N) is 3. The third-order valence-corrected chi connectivity index (χ3v) is 4.33. The van der Waals surface area contributed by atoms with Crippen molar-refractivity contribution < 1.29 is 0 Å². The standard InChI is InChI=1S/C20H31N5/c1-5-8-9-13-21-19-12-14-22-20(24-19)23-18-11-10-17(15-16(18)4)25(6-2)7-3/h10-12,14-15H,5-9,13H2,1-4H3,(H2,21,22,23,24). The number of rotatable bonds is 10. The fourth-order valence-corrected chi connectivity index (χ4v) is 2.80. The summed E-state index contributed by atoms with van der Waals surface area (Å²) in [6.07, 6.45) is 5.41. The predicted molar refractivity (Wildman–Crippen MR) is 108 cm³/mol. The van der Waals surface area contributed by atoms with E-state index in [1.807, 2.05) is 6.07 Å². The summed E-state index contributed by atoms with van der Waals surface area (Å²) < 4.78 is 0. The molecule has 0 spiro atoms. The molecule has 2 aromatic rings. The molecule has 0 saturated carbocycles. The lowest BCUT2D eigenvalue weighted by Crippen LogP contribution is -2.21. The summed E-state index contributed by atoms with van der Waals surface area (Å²) in [7, 11) is 0. The van der Waals surface area contributed by atoms with Crippen molar-refractivity contribution in [3.05, 3.63) is 36.0 Å². The highest BCUT2D eigenvalue weighted by molar-refractivity contribution is 5.64. The van der Waals surface area contributed by atoms with Gasteiger partial charge in [-0.25, -0.2) is 4.98 Å². The first-order chi connectivity index (χ1) is 12.2. The van der Waals surface area contributed by atoms with Gasteiger partial charge in [0.15, 0.2) is 0 Å². The van der Waals surface area contributed by atoms with Gasteiger partial charge in [0.1, 0.15) is 5.82 Å². The number of hydrogen-bond donors (Lipinski definition) is 2. The maximum Gasteiger partial charge on any atom is 0.229 e. The lowest BCUT2D eigenvalue weighted by atomic mass is 10.1. The first-order valence-corrected chi connectivity index (χ1v) is 9.37. The smallest absolute Gasteiger partial charge is 0.229 e. The molecule has 1 aromatic carbocycles. The molecule has 0 fully saturated rings. The predicted octanol–water partition coefficient (Wildman–Crippen LogP) is 4.98. The summed E-state index contributed by atoms with van der Waals surface area (Å²) >= 11 is 0. The second-order valence-electron chi connectivity index (χ2n) is 6.20. The fraction of sp³-hybridized carbons (Fsp3) is 0.500. The van der Waals surface area contributed by atoms with Crippen LogP contribution in [-0.4, -0.2) is 29.6 Å². The highest BCUT2D eigenvalue weighted by Gasteiger charge is 2.06. The van der Waals surface area contributed by atoms with Crippen LogP contribution >= 0.6 is 0 Å². The van der Waals surface area contributed by atoms with Crippen molar-refractivity contribution in [3.63, 3.8) is 0 Å². The van der Waals surface area contributed by atoms with E-state index in [2.05, 4.69) is 71.4 Å². The van der Waals surface area contributed by atoms with E-state index in [0.29, 0.717) is 5.95 Å². The zero-order chi connectivity index (χ0) is 18.1. The van der Waals surface area contributed by atoms with Crippen LogP contribution in [-0.2, 0) is 0 Å². The van der Waals surface area contributed by atoms with E-state index in [9.17, 15) is 0 Å². The minimum Gasteiger partial charge on any atom is -0.372 e. The molecule has 0 unspecified atom stereocenters. The molecule has 0 aliphatic carbocycles. The molecule has 0 saturated heterocycles. The van der Waals surface area contributed by atoms with Gasteiger partial charge in [-0.1, -0.05) is 19.8 Å². The highest BCUT2D eigenvalue weighted by Crippen LogP contribution is 2.24. The van der Waals surface area contributed by atoms with Gasteiger partial charge in [0.2, 0.25) is 5.95 Å². The van der Waals surface area contributed by atoms with E-state index >= 15 is 0 Å². The third kappa shape index (κ3) is 5.62. The van der Waals surface area contributed by atoms with Crippen LogP contribution < -0.4 is 15.5 Å². The molecule has 25 heavy (non-hydrogen) atoms. The zero-order valence-electron chi connectivity index (χ0n) is 16.0. The first kappa shape index (κ1) is 19.0. The Kier molecular flexibility index (Phi) is 7.51. The van der Waals surface area contributed by atoms with E-state index in [1.165, 1.54) is 24.1 Å². The zero-order valence-corrected chi connectivity index (χ0v) is 16.0. The SMILES string of the molecule is CCCCCNc1ccnc(Nc2ccc(N(CC)CC)cc2C)n1. The molecule has 136 valence electrons. The molecule has 0 amide bonds. The van der Waals surface area contributed by atoms with Crippen LogP contribution in [0, 0.1) is 6.92 Å². The van der Waals surface area contributed by atoms with Crippen LogP contribution in [0.2, 0.25) is 0 Å². The maximum atomic E-state index is 4.55. The van der Waals surface area contributed by atoms with E-state index in [-0.39, 0.29) is 0 Å². The molecule has 5 heteroatoms. The van der Waals surface area contributed by atoms with Gasteiger partial charge >= 0.3 is 0 Å². The Labute approximate surface area is 151 Å². The van der Waals surface area contributed by atoms with E-state index in [0.717, 1.165) is 37.6 Å². The number of anilines is 4. The molecular weight excluding hydrogens is 310 g/mol. The van der Waals surface area contributed by atoms with Gasteiger partial charge in [0.05, 0.1) is 0 Å². The minimum atomic E-state index is 0.624. The average molecular weight is 342 g/mol. The van der Waals surface area contributed by atoms with Gasteiger partial charge in [0.25, 0.3) is 0 Å². The van der Waals surface area contributed by atoms with Gasteiger partial charge < -0.3 is 15.5 Å². The molecule has 1 heterocycles. The molecular formula is C20H31N5. The second-order valence-corrected chi connectivity index (χ2v) is 6.20. The fourth-order valence-electron chi connectivity index (χ4n) is 2.80. The average Bonchev–Trinajstić information content (AvgIpc) is 2.62. The van der Waals surface area contributed by atoms with Crippen LogP contribution in [0.4, 0.5) is 23.1 Å². The number of benzene rings is 1. The van der Waals surface area contributed by atoms with Gasteiger partial charge in [-0.15, -0.1) is 0 Å². The van der Waals surface area contributed by atoms with Gasteiger partial charge in [-0.2, -0.15) is 4.98 Å². The lowest BCUT2D eigenvalue weighted by molar-refractivity contribution is 0.742. The molecule has 0 aliphatic heterocycles. The van der Waals surface area contributed by atoms with Crippen molar-refractivity contribution in [3.8, 4) is 0 Å². The summed E-state index contributed by atoms with van der Waals surface area (Å²) in [5.74, 6) is 1.49. The first-order valence-electron chi connectivity index (χ1n) is 9.37. The van der Waals surface area contributed by atoms with Crippen molar-refractivity contribution in [2.75, 3.05) is 35.2 Å². The monoisotopic (exact) mass is 341 g/mol. The van der Waals surface area contributed by atoms with Crippen LogP contribution in [0.3, 0.4) is 0 Å². The molecule has 2 rings (SSSR count). The Bertz CT molecular complexity index is 652. The summed E-state index contributed by atoms with van der Waals surface area (Å²) in [4.78, 5) is 11.2. The maximum absolute atomic E-state index is 4.55. The van der Waals surface area contributed by atoms with Crippen LogP contribution in [0.5, 0.6) is 0 Å². The molecule has 0 radical (unpaired) electrons. The van der Waals surface area contributed by atoms with Crippen LogP contribution in [0.1, 0.15) is 45.6 Å². The number of unbranched alkanes of at least 4 members (excludes halogenated alkanes) is 2. The summed E-state index contributed by atoms with van der Waals surface area (Å²) in [6.45, 7) is 11.6. The third-order valence-electron chi connectivity index (χ3n) is 4.33. The van der Waals surface area contributed by atoms with Gasteiger partial charge in [-0.3, -0.25) is 0 Å². The van der Waals surface area contributed by atoms with E-state index in [4.69, 9.17) is 0 Å². The lowest BCUT2D eigenvalue weighted by Gasteiger charge is -2.22. The Morgan fingerprint density at radius 3 is 2.52 bits per heavy atom. The number of nitrogens with one attached hydrogen (secondary N) is 2. The van der Waals surface area contributed by atoms with E-state index in [1.54, 1.807) is 6.20 Å². The largest absolute Gasteiger partial charge is 0.372 e. The molecule has 0 aliphatic rings. The number of hydrogen-bond acceptors (Lipinski definition) is 5. The molecule has 0 atom stereocenters. The van der Waals surface area contributed by atoms with E-state index < -0.39 is 0 Å². The molecule has 0 bridgehead atoms. The normalized spacial score (nSPS) is 10.6. The second kappa shape index (κ2) is 9.87. The van der Waals surface area contributed by atoms with Crippen molar-refractivity contribution >= 4 is 23.1 Å². The van der Waals surface area contributed by atoms with Crippen molar-refractivity contribution in [1.29, 1.82) is 0 Å². The van der Waals surface area contributed by atoms with Gasteiger partial charge in [0, 0.05) is 37.2 Å². The van der Waals surface area contributed by atoms with Gasteiger partial charge in [-0.05, 0) is 57.0 Å². The Balaban J connectivity index is 2.04. The topological polar surface area (TPSA) is 53.1 Å². The van der Waals surface area contributed by atoms with Crippen LogP contribution in [0.15, 0.2) is 30.5 Å². The Hall–Kier alpha value is -2.30. The summed E-state index contributed by atoms with van der Waals surface area (Å²) in [6, 6.07) is 8.37. The quantitative estimate of drug-likeness (QED) is 0.597. The minimum absolute atomic E-state index is 0.624. The number of aryl methyl sites for hydroxylation is 1.